The van der Waals surface area contributed by atoms with Crippen molar-refractivity contribution >= 4 is 11.3 Å². The molecule has 4 rings (SSSR count). The Morgan fingerprint density at radius 1 is 1.23 bits per heavy atom. The molecule has 3 heterocycles. The average Bonchev–Trinajstić information content (AvgIpc) is 2.92. The summed E-state index contributed by atoms with van der Waals surface area (Å²) in [7, 11) is 3.44. The van der Waals surface area contributed by atoms with Crippen LogP contribution < -0.4 is 9.47 Å². The normalized spacial score (nSPS) is 20.0. The number of rotatable bonds is 2. The molecule has 2 aliphatic heterocycles. The fraction of sp³-hybridized carbons (Fsp3) is 0.444. The van der Waals surface area contributed by atoms with Gasteiger partial charge in [0.2, 0.25) is 0 Å². The molecule has 0 radical (unpaired) electrons. The summed E-state index contributed by atoms with van der Waals surface area (Å²) >= 11 is 1.97. The molecule has 1 aromatic carbocycles. The van der Waals surface area contributed by atoms with Crippen LogP contribution >= 0.6 is 11.3 Å². The van der Waals surface area contributed by atoms with E-state index in [0.717, 1.165) is 31.0 Å². The third-order valence-corrected chi connectivity index (χ3v) is 6.04. The van der Waals surface area contributed by atoms with Crippen molar-refractivity contribution in [2.75, 3.05) is 20.8 Å². The molecule has 0 aliphatic carbocycles. The van der Waals surface area contributed by atoms with Gasteiger partial charge >= 0.3 is 0 Å². The zero-order valence-corrected chi connectivity index (χ0v) is 14.1. The van der Waals surface area contributed by atoms with Gasteiger partial charge in [0.15, 0.2) is 11.5 Å². The Morgan fingerprint density at radius 2 is 2.09 bits per heavy atom. The number of aryl methyl sites for hydroxylation is 1. The van der Waals surface area contributed by atoms with Gasteiger partial charge in [-0.15, -0.1) is 11.3 Å². The van der Waals surface area contributed by atoms with E-state index in [9.17, 15) is 0 Å². The summed E-state index contributed by atoms with van der Waals surface area (Å²) in [6.07, 6.45) is 2.24. The Labute approximate surface area is 135 Å². The molecule has 0 spiro atoms. The molecule has 0 saturated carbocycles. The minimum Gasteiger partial charge on any atom is -0.493 e. The summed E-state index contributed by atoms with van der Waals surface area (Å²) in [5, 5.41) is 0. The molecule has 0 bridgehead atoms. The molecule has 4 heteroatoms. The zero-order valence-electron chi connectivity index (χ0n) is 13.3. The molecule has 2 aromatic rings. The molecule has 22 heavy (non-hydrogen) atoms. The Kier molecular flexibility index (Phi) is 3.39. The number of nitrogens with zero attached hydrogens (tertiary/aromatic N) is 1. The lowest BCUT2D eigenvalue weighted by atomic mass is 9.86. The number of hydrogen-bond acceptors (Lipinski definition) is 4. The van der Waals surface area contributed by atoms with Crippen LogP contribution in [0.25, 0.3) is 0 Å². The third-order valence-electron chi connectivity index (χ3n) is 4.91. The maximum atomic E-state index is 5.64. The molecule has 1 unspecified atom stereocenters. The van der Waals surface area contributed by atoms with Crippen molar-refractivity contribution in [1.82, 2.24) is 4.90 Å². The van der Waals surface area contributed by atoms with E-state index in [0.29, 0.717) is 6.04 Å². The summed E-state index contributed by atoms with van der Waals surface area (Å²) in [5.74, 6) is 1.74. The molecule has 1 aromatic heterocycles. The molecular formula is C18H21NO2S. The van der Waals surface area contributed by atoms with Gasteiger partial charge in [-0.3, -0.25) is 4.90 Å². The van der Waals surface area contributed by atoms with E-state index in [2.05, 4.69) is 24.0 Å². The van der Waals surface area contributed by atoms with Crippen molar-refractivity contribution in [2.45, 2.75) is 32.4 Å². The van der Waals surface area contributed by atoms with Crippen LogP contribution in [0, 0.1) is 6.92 Å². The van der Waals surface area contributed by atoms with Crippen LogP contribution in [0.5, 0.6) is 11.5 Å². The number of hydrogen-bond donors (Lipinski definition) is 0. The van der Waals surface area contributed by atoms with E-state index in [4.69, 9.17) is 9.47 Å². The lowest BCUT2D eigenvalue weighted by Crippen LogP contribution is -2.38. The second kappa shape index (κ2) is 5.28. The lowest BCUT2D eigenvalue weighted by Gasteiger charge is -2.40. The van der Waals surface area contributed by atoms with Crippen LogP contribution in [0.1, 0.15) is 32.5 Å². The summed E-state index contributed by atoms with van der Waals surface area (Å²) in [5.41, 5.74) is 4.25. The van der Waals surface area contributed by atoms with Gasteiger partial charge in [-0.05, 0) is 43.0 Å². The van der Waals surface area contributed by atoms with Gasteiger partial charge in [-0.2, -0.15) is 0 Å². The van der Waals surface area contributed by atoms with Crippen LogP contribution in [0.4, 0.5) is 0 Å². The van der Waals surface area contributed by atoms with Crippen LogP contribution in [0.2, 0.25) is 0 Å². The predicted octanol–water partition coefficient (Wildman–Crippen LogP) is 3.73. The lowest BCUT2D eigenvalue weighted by molar-refractivity contribution is 0.159. The fourth-order valence-corrected chi connectivity index (χ4v) is 4.97. The summed E-state index contributed by atoms with van der Waals surface area (Å²) < 4.78 is 11.1. The first kappa shape index (κ1) is 14.1. The number of ether oxygens (including phenoxy) is 2. The first-order chi connectivity index (χ1) is 10.7. The van der Waals surface area contributed by atoms with E-state index in [-0.39, 0.29) is 0 Å². The molecular weight excluding hydrogens is 294 g/mol. The van der Waals surface area contributed by atoms with Crippen LogP contribution in [-0.2, 0) is 19.4 Å². The second-order valence-electron chi connectivity index (χ2n) is 6.11. The maximum absolute atomic E-state index is 5.64. The standard InChI is InChI=1S/C18H21NO2S/c1-11-8-13-15-9-12-4-5-16(20-2)18(21-3)14(12)10-19(15)7-6-17(13)22-11/h4-5,8,15H,6-7,9-10H2,1-3H3. The van der Waals surface area contributed by atoms with Gasteiger partial charge < -0.3 is 9.47 Å². The van der Waals surface area contributed by atoms with Gasteiger partial charge in [0.25, 0.3) is 0 Å². The molecule has 0 saturated heterocycles. The highest BCUT2D eigenvalue weighted by atomic mass is 32.1. The van der Waals surface area contributed by atoms with E-state index in [1.54, 1.807) is 24.7 Å². The van der Waals surface area contributed by atoms with Crippen molar-refractivity contribution in [2.24, 2.45) is 0 Å². The van der Waals surface area contributed by atoms with Gasteiger partial charge in [0.05, 0.1) is 14.2 Å². The highest BCUT2D eigenvalue weighted by Gasteiger charge is 2.34. The summed E-state index contributed by atoms with van der Waals surface area (Å²) in [6, 6.07) is 7.17. The highest BCUT2D eigenvalue weighted by molar-refractivity contribution is 7.12. The first-order valence-corrected chi connectivity index (χ1v) is 8.59. The quantitative estimate of drug-likeness (QED) is 0.843. The molecule has 0 N–H and O–H groups in total. The molecule has 0 fully saturated rings. The Morgan fingerprint density at radius 3 is 2.86 bits per heavy atom. The molecule has 2 aliphatic rings. The minimum absolute atomic E-state index is 0.527. The van der Waals surface area contributed by atoms with E-state index in [1.165, 1.54) is 22.4 Å². The average molecular weight is 315 g/mol. The molecule has 116 valence electrons. The SMILES string of the molecule is COc1ccc2c(c1OC)CN1CCc3sc(C)cc3C1C2. The highest BCUT2D eigenvalue weighted by Crippen LogP contribution is 2.45. The number of thiophene rings is 1. The number of methoxy groups -OCH3 is 2. The van der Waals surface area contributed by atoms with Gasteiger partial charge in [-0.1, -0.05) is 6.07 Å². The Bertz CT molecular complexity index is 722. The molecule has 1 atom stereocenters. The maximum Gasteiger partial charge on any atom is 0.165 e. The van der Waals surface area contributed by atoms with Crippen LogP contribution in [0.3, 0.4) is 0 Å². The smallest absolute Gasteiger partial charge is 0.165 e. The number of benzene rings is 1. The Balaban J connectivity index is 1.77. The van der Waals surface area contributed by atoms with Crippen molar-refractivity contribution in [3.63, 3.8) is 0 Å². The van der Waals surface area contributed by atoms with Crippen molar-refractivity contribution in [1.29, 1.82) is 0 Å². The van der Waals surface area contributed by atoms with Crippen molar-refractivity contribution in [3.05, 3.63) is 44.6 Å². The second-order valence-corrected chi connectivity index (χ2v) is 7.46. The van der Waals surface area contributed by atoms with E-state index in [1.807, 2.05) is 17.4 Å². The molecule has 3 nitrogen and oxygen atoms in total. The van der Waals surface area contributed by atoms with Crippen molar-refractivity contribution < 1.29 is 9.47 Å². The van der Waals surface area contributed by atoms with Crippen molar-refractivity contribution in [3.8, 4) is 11.5 Å². The predicted molar refractivity (Wildman–Crippen MR) is 89.2 cm³/mol. The monoisotopic (exact) mass is 315 g/mol. The van der Waals surface area contributed by atoms with Crippen LogP contribution in [0.15, 0.2) is 18.2 Å². The third kappa shape index (κ3) is 2.05. The summed E-state index contributed by atoms with van der Waals surface area (Å²) in [6.45, 7) is 4.31. The van der Waals surface area contributed by atoms with Gasteiger partial charge in [-0.25, -0.2) is 0 Å². The topological polar surface area (TPSA) is 21.7 Å². The fourth-order valence-electron chi connectivity index (χ4n) is 3.89. The zero-order chi connectivity index (χ0) is 15.3. The van der Waals surface area contributed by atoms with Gasteiger partial charge in [0, 0.05) is 34.4 Å². The minimum atomic E-state index is 0.527. The van der Waals surface area contributed by atoms with Gasteiger partial charge in [0.1, 0.15) is 0 Å². The Hall–Kier alpha value is -1.52. The first-order valence-electron chi connectivity index (χ1n) is 7.77. The number of fused-ring (bicyclic) bond motifs is 4. The van der Waals surface area contributed by atoms with E-state index >= 15 is 0 Å². The van der Waals surface area contributed by atoms with E-state index < -0.39 is 0 Å². The largest absolute Gasteiger partial charge is 0.493 e. The summed E-state index contributed by atoms with van der Waals surface area (Å²) in [4.78, 5) is 5.62. The van der Waals surface area contributed by atoms with Crippen LogP contribution in [-0.4, -0.2) is 25.7 Å². The molecule has 0 amide bonds.